The van der Waals surface area contributed by atoms with E-state index in [1.165, 1.54) is 9.75 Å². The summed E-state index contributed by atoms with van der Waals surface area (Å²) in [5, 5.41) is 9.13. The zero-order valence-corrected chi connectivity index (χ0v) is 11.3. The van der Waals surface area contributed by atoms with Gasteiger partial charge in [-0.2, -0.15) is 0 Å². The minimum absolute atomic E-state index is 0.210. The van der Waals surface area contributed by atoms with Crippen molar-refractivity contribution in [2.45, 2.75) is 26.8 Å². The smallest absolute Gasteiger partial charge is 0.308 e. The quantitative estimate of drug-likeness (QED) is 0.900. The summed E-state index contributed by atoms with van der Waals surface area (Å²) in [6, 6.07) is 4.62. The van der Waals surface area contributed by atoms with Crippen molar-refractivity contribution in [1.82, 2.24) is 4.90 Å². The van der Waals surface area contributed by atoms with Crippen molar-refractivity contribution < 1.29 is 9.90 Å². The number of thiophene rings is 1. The molecule has 1 unspecified atom stereocenters. The lowest BCUT2D eigenvalue weighted by molar-refractivity contribution is -0.142. The van der Waals surface area contributed by atoms with Gasteiger partial charge in [-0.15, -0.1) is 11.3 Å². The molecule has 0 spiro atoms. The molecule has 1 aromatic heterocycles. The average molecular weight is 253 g/mol. The number of aliphatic carboxylic acids is 1. The van der Waals surface area contributed by atoms with Crippen LogP contribution in [0.4, 0.5) is 0 Å². The minimum Gasteiger partial charge on any atom is -0.481 e. The van der Waals surface area contributed by atoms with Crippen LogP contribution in [0.15, 0.2) is 12.1 Å². The third-order valence-corrected chi connectivity index (χ3v) is 4.85. The molecule has 0 saturated carbocycles. The van der Waals surface area contributed by atoms with Crippen molar-refractivity contribution in [3.8, 4) is 0 Å². The Hall–Kier alpha value is -0.870. The van der Waals surface area contributed by atoms with E-state index in [9.17, 15) is 4.79 Å². The Morgan fingerprint density at radius 3 is 2.71 bits per heavy atom. The van der Waals surface area contributed by atoms with E-state index in [1.54, 1.807) is 11.3 Å². The number of hydrogen-bond donors (Lipinski definition) is 1. The molecular weight excluding hydrogens is 234 g/mol. The number of rotatable bonds is 3. The molecular formula is C13H19NO2S. The Kier molecular flexibility index (Phi) is 3.54. The summed E-state index contributed by atoms with van der Waals surface area (Å²) >= 11 is 1.80. The molecule has 17 heavy (non-hydrogen) atoms. The van der Waals surface area contributed by atoms with Gasteiger partial charge < -0.3 is 5.11 Å². The maximum Gasteiger partial charge on any atom is 0.308 e. The fourth-order valence-corrected chi connectivity index (χ4v) is 3.46. The van der Waals surface area contributed by atoms with Crippen molar-refractivity contribution in [3.05, 3.63) is 21.9 Å². The summed E-state index contributed by atoms with van der Waals surface area (Å²) in [5.41, 5.74) is 0. The number of carbonyl (C=O) groups is 1. The third-order valence-electron chi connectivity index (χ3n) is 3.68. The van der Waals surface area contributed by atoms with Gasteiger partial charge in [0.1, 0.15) is 0 Å². The summed E-state index contributed by atoms with van der Waals surface area (Å²) < 4.78 is 0. The van der Waals surface area contributed by atoms with Crippen LogP contribution in [0.5, 0.6) is 0 Å². The largest absolute Gasteiger partial charge is 0.481 e. The summed E-state index contributed by atoms with van der Waals surface area (Å²) in [6.45, 7) is 7.87. The van der Waals surface area contributed by atoms with Gasteiger partial charge in [0.2, 0.25) is 0 Å². The molecule has 4 heteroatoms. The lowest BCUT2D eigenvalue weighted by atomic mass is 9.99. The summed E-state index contributed by atoms with van der Waals surface area (Å²) in [5.74, 6) is -0.621. The van der Waals surface area contributed by atoms with E-state index in [0.29, 0.717) is 12.6 Å². The van der Waals surface area contributed by atoms with E-state index in [-0.39, 0.29) is 11.8 Å². The second kappa shape index (κ2) is 4.78. The molecule has 1 saturated heterocycles. The Bertz CT molecular complexity index is 415. The second-order valence-electron chi connectivity index (χ2n) is 5.00. The van der Waals surface area contributed by atoms with E-state index in [0.717, 1.165) is 6.54 Å². The van der Waals surface area contributed by atoms with Gasteiger partial charge in [-0.05, 0) is 31.9 Å². The molecule has 2 rings (SSSR count). The first kappa shape index (κ1) is 12.6. The van der Waals surface area contributed by atoms with Crippen LogP contribution in [-0.2, 0) is 4.79 Å². The molecule has 1 N–H and O–H groups in total. The standard InChI is InChI=1S/C13H19NO2S/c1-8-6-14(7-11(8)13(15)16)10(3)12-5-4-9(2)17-12/h4-5,8,10-11H,6-7H2,1-3H3,(H,15,16)/t8-,10?,11-/m1/s1. The van der Waals surface area contributed by atoms with Crippen molar-refractivity contribution in [2.24, 2.45) is 11.8 Å². The Morgan fingerprint density at radius 1 is 1.53 bits per heavy atom. The highest BCUT2D eigenvalue weighted by Crippen LogP contribution is 2.33. The lowest BCUT2D eigenvalue weighted by Crippen LogP contribution is -2.25. The molecule has 2 heterocycles. The predicted molar refractivity (Wildman–Crippen MR) is 69.3 cm³/mol. The number of carboxylic acids is 1. The second-order valence-corrected chi connectivity index (χ2v) is 6.32. The van der Waals surface area contributed by atoms with Gasteiger partial charge in [0.25, 0.3) is 0 Å². The van der Waals surface area contributed by atoms with Gasteiger partial charge >= 0.3 is 5.97 Å². The molecule has 0 amide bonds. The van der Waals surface area contributed by atoms with Gasteiger partial charge in [0.05, 0.1) is 5.92 Å². The predicted octanol–water partition coefficient (Wildman–Crippen LogP) is 2.77. The van der Waals surface area contributed by atoms with Crippen LogP contribution in [0, 0.1) is 18.8 Å². The first-order chi connectivity index (χ1) is 7.99. The van der Waals surface area contributed by atoms with Crippen LogP contribution in [-0.4, -0.2) is 29.1 Å². The fraction of sp³-hybridized carbons (Fsp3) is 0.615. The van der Waals surface area contributed by atoms with Crippen molar-refractivity contribution in [2.75, 3.05) is 13.1 Å². The van der Waals surface area contributed by atoms with E-state index in [4.69, 9.17) is 5.11 Å². The zero-order valence-electron chi connectivity index (χ0n) is 10.5. The molecule has 0 aromatic carbocycles. The third kappa shape index (κ3) is 2.53. The normalized spacial score (nSPS) is 27.2. The van der Waals surface area contributed by atoms with Crippen LogP contribution >= 0.6 is 11.3 Å². The topological polar surface area (TPSA) is 40.5 Å². The molecule has 0 aliphatic carbocycles. The number of nitrogens with zero attached hydrogens (tertiary/aromatic N) is 1. The van der Waals surface area contributed by atoms with Gasteiger partial charge in [-0.3, -0.25) is 9.69 Å². The first-order valence-electron chi connectivity index (χ1n) is 6.02. The Morgan fingerprint density at radius 2 is 2.24 bits per heavy atom. The lowest BCUT2D eigenvalue weighted by Gasteiger charge is -2.23. The van der Waals surface area contributed by atoms with Gasteiger partial charge in [0, 0.05) is 28.9 Å². The van der Waals surface area contributed by atoms with Gasteiger partial charge in [0.15, 0.2) is 0 Å². The zero-order chi connectivity index (χ0) is 12.6. The molecule has 3 atom stereocenters. The highest BCUT2D eigenvalue weighted by molar-refractivity contribution is 7.12. The van der Waals surface area contributed by atoms with E-state index in [1.807, 2.05) is 6.92 Å². The fourth-order valence-electron chi connectivity index (χ4n) is 2.50. The van der Waals surface area contributed by atoms with E-state index >= 15 is 0 Å². The highest BCUT2D eigenvalue weighted by Gasteiger charge is 2.37. The highest BCUT2D eigenvalue weighted by atomic mass is 32.1. The van der Waals surface area contributed by atoms with Crippen LogP contribution in [0.25, 0.3) is 0 Å². The van der Waals surface area contributed by atoms with Crippen LogP contribution in [0.2, 0.25) is 0 Å². The maximum absolute atomic E-state index is 11.1. The number of hydrogen-bond acceptors (Lipinski definition) is 3. The molecule has 0 bridgehead atoms. The summed E-state index contributed by atoms with van der Waals surface area (Å²) in [6.07, 6.45) is 0. The monoisotopic (exact) mass is 253 g/mol. The molecule has 0 radical (unpaired) electrons. The van der Waals surface area contributed by atoms with E-state index < -0.39 is 5.97 Å². The van der Waals surface area contributed by atoms with Gasteiger partial charge in [-0.1, -0.05) is 6.92 Å². The van der Waals surface area contributed by atoms with Crippen molar-refractivity contribution >= 4 is 17.3 Å². The molecule has 1 aromatic rings. The molecule has 1 fully saturated rings. The minimum atomic E-state index is -0.658. The molecule has 94 valence electrons. The van der Waals surface area contributed by atoms with E-state index in [2.05, 4.69) is 30.9 Å². The Balaban J connectivity index is 2.07. The summed E-state index contributed by atoms with van der Waals surface area (Å²) in [7, 11) is 0. The first-order valence-corrected chi connectivity index (χ1v) is 6.84. The molecule has 1 aliphatic rings. The SMILES string of the molecule is Cc1ccc(C(C)N2C[C@@H](C)[C@H](C(=O)O)C2)s1. The number of carboxylic acid groups (broad SMARTS) is 1. The van der Waals surface area contributed by atoms with Crippen molar-refractivity contribution in [1.29, 1.82) is 0 Å². The van der Waals surface area contributed by atoms with Crippen LogP contribution < -0.4 is 0 Å². The average Bonchev–Trinajstić information content (AvgIpc) is 2.83. The van der Waals surface area contributed by atoms with Crippen LogP contribution in [0.1, 0.15) is 29.6 Å². The maximum atomic E-state index is 11.1. The molecule has 3 nitrogen and oxygen atoms in total. The Labute approximate surface area is 106 Å². The number of aryl methyl sites for hydroxylation is 1. The van der Waals surface area contributed by atoms with Gasteiger partial charge in [-0.25, -0.2) is 0 Å². The number of likely N-dealkylation sites (tertiary alicyclic amines) is 1. The summed E-state index contributed by atoms with van der Waals surface area (Å²) in [4.78, 5) is 16.0. The molecule has 1 aliphatic heterocycles. The van der Waals surface area contributed by atoms with Crippen molar-refractivity contribution in [3.63, 3.8) is 0 Å². The van der Waals surface area contributed by atoms with Crippen LogP contribution in [0.3, 0.4) is 0 Å².